The van der Waals surface area contributed by atoms with Crippen LogP contribution < -0.4 is 14.4 Å². The van der Waals surface area contributed by atoms with E-state index in [4.69, 9.17) is 14.0 Å². The van der Waals surface area contributed by atoms with Gasteiger partial charge in [0.15, 0.2) is 12.4 Å². The van der Waals surface area contributed by atoms with Gasteiger partial charge in [-0.2, -0.15) is 4.98 Å². The third-order valence-corrected chi connectivity index (χ3v) is 6.00. The number of aromatic nitrogens is 2. The maximum Gasteiger partial charge on any atom is 0.265 e. The average molecular weight is 408 g/mol. The molecular weight excluding hydrogens is 388 g/mol. The molecule has 1 aromatic heterocycles. The Morgan fingerprint density at radius 2 is 2.21 bits per heavy atom. The number of fused-ring (bicyclic) bond motifs is 1. The quantitative estimate of drug-likeness (QED) is 0.743. The molecule has 150 valence electrons. The molecule has 4 rings (SSSR count). The Labute approximate surface area is 161 Å². The van der Waals surface area contributed by atoms with Crippen LogP contribution in [0, 0.1) is 6.92 Å². The van der Waals surface area contributed by atoms with Crippen LogP contribution >= 0.6 is 0 Å². The number of aryl methyl sites for hydroxylation is 1. The van der Waals surface area contributed by atoms with E-state index in [1.54, 1.807) is 6.92 Å². The lowest BCUT2D eigenvalue weighted by Gasteiger charge is -2.28. The zero-order valence-electron chi connectivity index (χ0n) is 15.3. The average Bonchev–Trinajstić information content (AvgIpc) is 3.34. The fraction of sp³-hybridized carbons (Fsp3) is 0.471. The van der Waals surface area contributed by atoms with Crippen molar-refractivity contribution < 1.29 is 27.2 Å². The molecule has 2 aliphatic rings. The molecule has 1 aromatic carbocycles. The van der Waals surface area contributed by atoms with Gasteiger partial charge in [-0.3, -0.25) is 9.69 Å². The molecule has 0 aliphatic carbocycles. The molecule has 0 spiro atoms. The summed E-state index contributed by atoms with van der Waals surface area (Å²) >= 11 is 0. The molecule has 10 nitrogen and oxygen atoms in total. The second-order valence-corrected chi connectivity index (χ2v) is 8.38. The Hall–Kier alpha value is -2.50. The van der Waals surface area contributed by atoms with E-state index in [-0.39, 0.29) is 36.6 Å². The van der Waals surface area contributed by atoms with E-state index >= 15 is 0 Å². The van der Waals surface area contributed by atoms with Crippen LogP contribution in [0.15, 0.2) is 27.6 Å². The van der Waals surface area contributed by atoms with Crippen molar-refractivity contribution in [3.8, 4) is 5.75 Å². The minimum absolute atomic E-state index is 0.0387. The molecule has 1 atom stereocenters. The van der Waals surface area contributed by atoms with Gasteiger partial charge in [0.25, 0.3) is 5.91 Å². The lowest BCUT2D eigenvalue weighted by molar-refractivity contribution is -0.121. The standard InChI is InChI=1S/C17H20N4O6S/c1-11-19-16(20-27-11)9-21-14-7-13(4-5-15(14)26-10-17(21)22)28(23,24)18-8-12-3-2-6-25-12/h4-5,7,12,18H,2-3,6,8-10H2,1H3/t12-/m1/s1. The number of benzene rings is 1. The summed E-state index contributed by atoms with van der Waals surface area (Å²) in [6.07, 6.45) is 1.64. The molecule has 1 fully saturated rings. The van der Waals surface area contributed by atoms with Crippen molar-refractivity contribution in [1.29, 1.82) is 0 Å². The molecule has 2 aromatic rings. The second kappa shape index (κ2) is 7.49. The highest BCUT2D eigenvalue weighted by molar-refractivity contribution is 7.89. The highest BCUT2D eigenvalue weighted by Crippen LogP contribution is 2.35. The van der Waals surface area contributed by atoms with Crippen LogP contribution in [0.4, 0.5) is 5.69 Å². The van der Waals surface area contributed by atoms with Gasteiger partial charge in [0, 0.05) is 20.1 Å². The molecule has 0 unspecified atom stereocenters. The minimum atomic E-state index is -3.76. The zero-order valence-corrected chi connectivity index (χ0v) is 16.1. The lowest BCUT2D eigenvalue weighted by Crippen LogP contribution is -2.39. The van der Waals surface area contributed by atoms with Crippen LogP contribution in [0.3, 0.4) is 0 Å². The Morgan fingerprint density at radius 1 is 1.36 bits per heavy atom. The van der Waals surface area contributed by atoms with Crippen LogP contribution in [0.5, 0.6) is 5.75 Å². The van der Waals surface area contributed by atoms with Gasteiger partial charge < -0.3 is 14.0 Å². The van der Waals surface area contributed by atoms with Crippen molar-refractivity contribution in [2.75, 3.05) is 24.7 Å². The Kier molecular flexibility index (Phi) is 5.04. The molecule has 1 saturated heterocycles. The molecule has 11 heteroatoms. The molecule has 2 aliphatic heterocycles. The van der Waals surface area contributed by atoms with Crippen LogP contribution in [-0.2, 0) is 26.1 Å². The Bertz CT molecular complexity index is 983. The van der Waals surface area contributed by atoms with E-state index < -0.39 is 10.0 Å². The third-order valence-electron chi connectivity index (χ3n) is 4.58. The third kappa shape index (κ3) is 3.86. The summed E-state index contributed by atoms with van der Waals surface area (Å²) in [6, 6.07) is 4.40. The Balaban J connectivity index is 1.58. The molecule has 1 amide bonds. The second-order valence-electron chi connectivity index (χ2n) is 6.61. The van der Waals surface area contributed by atoms with E-state index in [9.17, 15) is 13.2 Å². The van der Waals surface area contributed by atoms with E-state index in [0.717, 1.165) is 12.8 Å². The highest BCUT2D eigenvalue weighted by Gasteiger charge is 2.29. The van der Waals surface area contributed by atoms with Gasteiger partial charge in [0.1, 0.15) is 5.75 Å². The molecule has 28 heavy (non-hydrogen) atoms. The van der Waals surface area contributed by atoms with Crippen LogP contribution in [-0.4, -0.2) is 50.3 Å². The minimum Gasteiger partial charge on any atom is -0.482 e. The molecule has 0 radical (unpaired) electrons. The number of carbonyl (C=O) groups excluding carboxylic acids is 1. The smallest absolute Gasteiger partial charge is 0.265 e. The predicted octanol–water partition coefficient (Wildman–Crippen LogP) is 0.761. The molecule has 0 bridgehead atoms. The zero-order chi connectivity index (χ0) is 19.7. The SMILES string of the molecule is Cc1nc(CN2C(=O)COc3ccc(S(=O)(=O)NC[C@H]4CCCO4)cc32)no1. The van der Waals surface area contributed by atoms with Crippen molar-refractivity contribution in [1.82, 2.24) is 14.9 Å². The van der Waals surface area contributed by atoms with Gasteiger partial charge in [-0.15, -0.1) is 0 Å². The first kappa shape index (κ1) is 18.8. The summed E-state index contributed by atoms with van der Waals surface area (Å²) in [6.45, 7) is 2.42. The first-order valence-electron chi connectivity index (χ1n) is 8.90. The van der Waals surface area contributed by atoms with Gasteiger partial charge in [-0.1, -0.05) is 5.16 Å². The topological polar surface area (TPSA) is 124 Å². The predicted molar refractivity (Wildman–Crippen MR) is 96.3 cm³/mol. The first-order valence-corrected chi connectivity index (χ1v) is 10.4. The fourth-order valence-corrected chi connectivity index (χ4v) is 4.25. The molecule has 1 N–H and O–H groups in total. The number of hydrogen-bond acceptors (Lipinski definition) is 8. The van der Waals surface area contributed by atoms with Crippen LogP contribution in [0.25, 0.3) is 0 Å². The highest BCUT2D eigenvalue weighted by atomic mass is 32.2. The summed E-state index contributed by atoms with van der Waals surface area (Å²) in [5.74, 6) is 0.795. The van der Waals surface area contributed by atoms with Crippen LogP contribution in [0.2, 0.25) is 0 Å². The molecule has 3 heterocycles. The summed E-state index contributed by atoms with van der Waals surface area (Å²) < 4.78 is 43.7. The summed E-state index contributed by atoms with van der Waals surface area (Å²) in [5.41, 5.74) is 0.346. The van der Waals surface area contributed by atoms with Gasteiger partial charge >= 0.3 is 0 Å². The number of hydrogen-bond donors (Lipinski definition) is 1. The summed E-state index contributed by atoms with van der Waals surface area (Å²) in [7, 11) is -3.76. The molecular formula is C17H20N4O6S. The summed E-state index contributed by atoms with van der Waals surface area (Å²) in [4.78, 5) is 17.9. The summed E-state index contributed by atoms with van der Waals surface area (Å²) in [5, 5.41) is 3.80. The van der Waals surface area contributed by atoms with Crippen molar-refractivity contribution in [3.63, 3.8) is 0 Å². The number of anilines is 1. The maximum atomic E-state index is 12.7. The van der Waals surface area contributed by atoms with Gasteiger partial charge in [-0.05, 0) is 31.0 Å². The van der Waals surface area contributed by atoms with E-state index in [0.29, 0.717) is 29.8 Å². The van der Waals surface area contributed by atoms with E-state index in [1.807, 2.05) is 0 Å². The number of sulfonamides is 1. The molecule has 0 saturated carbocycles. The number of ether oxygens (including phenoxy) is 2. The van der Waals surface area contributed by atoms with Crippen LogP contribution in [0.1, 0.15) is 24.6 Å². The number of nitrogens with zero attached hydrogens (tertiary/aromatic N) is 3. The van der Waals surface area contributed by atoms with E-state index in [2.05, 4.69) is 14.9 Å². The lowest BCUT2D eigenvalue weighted by atomic mass is 10.2. The van der Waals surface area contributed by atoms with Gasteiger partial charge in [-0.25, -0.2) is 13.1 Å². The first-order chi connectivity index (χ1) is 13.4. The number of rotatable bonds is 6. The van der Waals surface area contributed by atoms with Crippen molar-refractivity contribution in [2.24, 2.45) is 0 Å². The number of nitrogens with one attached hydrogen (secondary N) is 1. The van der Waals surface area contributed by atoms with Crippen molar-refractivity contribution in [2.45, 2.75) is 37.3 Å². The Morgan fingerprint density at radius 3 is 2.93 bits per heavy atom. The number of amides is 1. The fourth-order valence-electron chi connectivity index (χ4n) is 3.16. The van der Waals surface area contributed by atoms with Crippen molar-refractivity contribution in [3.05, 3.63) is 29.9 Å². The number of carbonyl (C=O) groups is 1. The largest absolute Gasteiger partial charge is 0.482 e. The monoisotopic (exact) mass is 408 g/mol. The van der Waals surface area contributed by atoms with Crippen molar-refractivity contribution >= 4 is 21.6 Å². The van der Waals surface area contributed by atoms with E-state index in [1.165, 1.54) is 23.1 Å². The van der Waals surface area contributed by atoms with Gasteiger partial charge in [0.05, 0.1) is 23.2 Å². The maximum absolute atomic E-state index is 12.7. The normalized spacial score (nSPS) is 19.5. The van der Waals surface area contributed by atoms with Gasteiger partial charge in [0.2, 0.25) is 15.9 Å².